The number of aromatic nitrogens is 3. The van der Waals surface area contributed by atoms with Crippen LogP contribution < -0.4 is 0 Å². The second-order valence-electron chi connectivity index (χ2n) is 7.31. The Bertz CT molecular complexity index is 507. The van der Waals surface area contributed by atoms with Crippen molar-refractivity contribution in [2.75, 3.05) is 13.1 Å². The number of nitrogens with zero attached hydrogens (tertiary/aromatic N) is 4. The van der Waals surface area contributed by atoms with Crippen molar-refractivity contribution < 1.29 is 4.79 Å². The highest BCUT2D eigenvalue weighted by molar-refractivity contribution is 5.79. The summed E-state index contributed by atoms with van der Waals surface area (Å²) in [5.74, 6) is 1.24. The summed E-state index contributed by atoms with van der Waals surface area (Å²) in [6.45, 7) is 4.94. The van der Waals surface area contributed by atoms with Gasteiger partial charge in [0.2, 0.25) is 5.91 Å². The number of aryl methyl sites for hydroxylation is 1. The monoisotopic (exact) mass is 318 g/mol. The van der Waals surface area contributed by atoms with Gasteiger partial charge in [0, 0.05) is 31.7 Å². The molecule has 1 amide bonds. The van der Waals surface area contributed by atoms with Gasteiger partial charge in [0.25, 0.3) is 0 Å². The van der Waals surface area contributed by atoms with E-state index >= 15 is 0 Å². The number of amides is 1. The Morgan fingerprint density at radius 2 is 2.09 bits per heavy atom. The summed E-state index contributed by atoms with van der Waals surface area (Å²) in [6.07, 6.45) is 12.5. The molecule has 0 aromatic carbocycles. The number of likely N-dealkylation sites (tertiary alicyclic amines) is 1. The lowest BCUT2D eigenvalue weighted by molar-refractivity contribution is -0.137. The molecule has 2 fully saturated rings. The summed E-state index contributed by atoms with van der Waals surface area (Å²) >= 11 is 0. The van der Waals surface area contributed by atoms with Gasteiger partial charge in [0.15, 0.2) is 0 Å². The van der Waals surface area contributed by atoms with Crippen LogP contribution in [-0.2, 0) is 17.8 Å². The fraction of sp³-hybridized carbons (Fsp3) is 0.833. The Balaban J connectivity index is 1.51. The number of carbonyl (C=O) groups is 1. The molecule has 0 unspecified atom stereocenters. The number of carbonyl (C=O) groups excluding carboxylic acids is 1. The maximum absolute atomic E-state index is 12.6. The number of rotatable bonds is 6. The van der Waals surface area contributed by atoms with Crippen molar-refractivity contribution in [2.24, 2.45) is 11.8 Å². The minimum atomic E-state index is 0.306. The zero-order chi connectivity index (χ0) is 16.1. The van der Waals surface area contributed by atoms with Gasteiger partial charge in [0.1, 0.15) is 0 Å². The molecule has 1 aromatic rings. The molecular formula is C18H30N4O. The average Bonchev–Trinajstić information content (AvgIpc) is 3.24. The SMILES string of the molecule is CCCCc1cn(C[C@H]2CCCN(C(=O)C3CCCC3)C2)nn1. The molecule has 1 aromatic heterocycles. The van der Waals surface area contributed by atoms with Crippen LogP contribution >= 0.6 is 0 Å². The van der Waals surface area contributed by atoms with Gasteiger partial charge in [0.05, 0.1) is 5.69 Å². The molecule has 5 nitrogen and oxygen atoms in total. The summed E-state index contributed by atoms with van der Waals surface area (Å²) in [4.78, 5) is 14.7. The van der Waals surface area contributed by atoms with Gasteiger partial charge in [-0.15, -0.1) is 5.10 Å². The van der Waals surface area contributed by atoms with Gasteiger partial charge in [-0.25, -0.2) is 0 Å². The fourth-order valence-electron chi connectivity index (χ4n) is 4.01. The summed E-state index contributed by atoms with van der Waals surface area (Å²) < 4.78 is 1.99. The normalized spacial score (nSPS) is 22.7. The van der Waals surface area contributed by atoms with E-state index in [-0.39, 0.29) is 0 Å². The molecule has 2 heterocycles. The Morgan fingerprint density at radius 3 is 2.87 bits per heavy atom. The molecule has 23 heavy (non-hydrogen) atoms. The third-order valence-electron chi connectivity index (χ3n) is 5.35. The molecule has 0 bridgehead atoms. The Hall–Kier alpha value is -1.39. The van der Waals surface area contributed by atoms with E-state index < -0.39 is 0 Å². The number of piperidine rings is 1. The van der Waals surface area contributed by atoms with Gasteiger partial charge in [-0.3, -0.25) is 9.48 Å². The van der Waals surface area contributed by atoms with E-state index in [4.69, 9.17) is 0 Å². The first-order valence-electron chi connectivity index (χ1n) is 9.44. The zero-order valence-electron chi connectivity index (χ0n) is 14.4. The van der Waals surface area contributed by atoms with Crippen molar-refractivity contribution >= 4 is 5.91 Å². The number of hydrogen-bond acceptors (Lipinski definition) is 3. The van der Waals surface area contributed by atoms with Crippen LogP contribution in [0.2, 0.25) is 0 Å². The molecule has 0 N–H and O–H groups in total. The van der Waals surface area contributed by atoms with Gasteiger partial charge in [-0.1, -0.05) is 31.4 Å². The number of unbranched alkanes of at least 4 members (excludes halogenated alkanes) is 1. The molecule has 128 valence electrons. The zero-order valence-corrected chi connectivity index (χ0v) is 14.4. The van der Waals surface area contributed by atoms with Crippen molar-refractivity contribution in [1.82, 2.24) is 19.9 Å². The molecule has 1 saturated heterocycles. The van der Waals surface area contributed by atoms with E-state index in [1.165, 1.54) is 32.1 Å². The number of hydrogen-bond donors (Lipinski definition) is 0. The molecule has 1 aliphatic carbocycles. The first-order valence-corrected chi connectivity index (χ1v) is 9.44. The molecule has 2 aliphatic rings. The molecule has 0 radical (unpaired) electrons. The summed E-state index contributed by atoms with van der Waals surface area (Å²) in [5, 5.41) is 8.54. The standard InChI is InChI=1S/C18H30N4O/c1-2-3-10-17-14-22(20-19-17)13-15-7-6-11-21(12-15)18(23)16-8-4-5-9-16/h14-16H,2-13H2,1H3/t15-/m0/s1. The van der Waals surface area contributed by atoms with Crippen molar-refractivity contribution in [2.45, 2.75) is 71.3 Å². The molecule has 0 spiro atoms. The molecule has 1 saturated carbocycles. The third kappa shape index (κ3) is 4.33. The van der Waals surface area contributed by atoms with Crippen LogP contribution in [0.1, 0.15) is 64.0 Å². The van der Waals surface area contributed by atoms with Crippen LogP contribution in [0, 0.1) is 11.8 Å². The van der Waals surface area contributed by atoms with Crippen LogP contribution in [0.5, 0.6) is 0 Å². The lowest BCUT2D eigenvalue weighted by Gasteiger charge is -2.34. The Labute approximate surface area is 139 Å². The summed E-state index contributed by atoms with van der Waals surface area (Å²) in [5.41, 5.74) is 1.10. The first-order chi connectivity index (χ1) is 11.3. The van der Waals surface area contributed by atoms with E-state index in [0.717, 1.165) is 51.0 Å². The van der Waals surface area contributed by atoms with E-state index in [2.05, 4.69) is 28.3 Å². The topological polar surface area (TPSA) is 51.0 Å². The van der Waals surface area contributed by atoms with Crippen LogP contribution in [-0.4, -0.2) is 38.9 Å². The minimum absolute atomic E-state index is 0.306. The average molecular weight is 318 g/mol. The Kier molecular flexibility index (Phi) is 5.68. The first kappa shape index (κ1) is 16.5. The van der Waals surface area contributed by atoms with E-state index in [1.807, 2.05) is 4.68 Å². The fourth-order valence-corrected chi connectivity index (χ4v) is 4.01. The van der Waals surface area contributed by atoms with E-state index in [9.17, 15) is 4.79 Å². The summed E-state index contributed by atoms with van der Waals surface area (Å²) in [6, 6.07) is 0. The molecule has 1 atom stereocenters. The minimum Gasteiger partial charge on any atom is -0.342 e. The third-order valence-corrected chi connectivity index (χ3v) is 5.35. The highest BCUT2D eigenvalue weighted by atomic mass is 16.2. The maximum atomic E-state index is 12.6. The van der Waals surface area contributed by atoms with Gasteiger partial charge < -0.3 is 4.90 Å². The molecule has 5 heteroatoms. The highest BCUT2D eigenvalue weighted by Crippen LogP contribution is 2.28. The van der Waals surface area contributed by atoms with Crippen LogP contribution in [0.4, 0.5) is 0 Å². The molecule has 3 rings (SSSR count). The van der Waals surface area contributed by atoms with E-state index in [1.54, 1.807) is 0 Å². The van der Waals surface area contributed by atoms with Crippen molar-refractivity contribution in [3.8, 4) is 0 Å². The van der Waals surface area contributed by atoms with Crippen molar-refractivity contribution in [3.63, 3.8) is 0 Å². The maximum Gasteiger partial charge on any atom is 0.225 e. The molecule has 1 aliphatic heterocycles. The van der Waals surface area contributed by atoms with Crippen LogP contribution in [0.3, 0.4) is 0 Å². The summed E-state index contributed by atoms with van der Waals surface area (Å²) in [7, 11) is 0. The van der Waals surface area contributed by atoms with Gasteiger partial charge in [-0.05, 0) is 44.4 Å². The molecular weight excluding hydrogens is 288 g/mol. The van der Waals surface area contributed by atoms with Gasteiger partial charge in [-0.2, -0.15) is 0 Å². The largest absolute Gasteiger partial charge is 0.342 e. The van der Waals surface area contributed by atoms with E-state index in [0.29, 0.717) is 17.7 Å². The predicted molar refractivity (Wildman–Crippen MR) is 89.9 cm³/mol. The van der Waals surface area contributed by atoms with Gasteiger partial charge >= 0.3 is 0 Å². The predicted octanol–water partition coefficient (Wildman–Crippen LogP) is 3.05. The lowest BCUT2D eigenvalue weighted by atomic mass is 9.96. The van der Waals surface area contributed by atoms with Crippen LogP contribution in [0.15, 0.2) is 6.20 Å². The second kappa shape index (κ2) is 7.93. The lowest BCUT2D eigenvalue weighted by Crippen LogP contribution is -2.43. The smallest absolute Gasteiger partial charge is 0.225 e. The second-order valence-corrected chi connectivity index (χ2v) is 7.31. The highest BCUT2D eigenvalue weighted by Gasteiger charge is 2.30. The van der Waals surface area contributed by atoms with Crippen molar-refractivity contribution in [3.05, 3.63) is 11.9 Å². The Morgan fingerprint density at radius 1 is 1.26 bits per heavy atom. The van der Waals surface area contributed by atoms with Crippen molar-refractivity contribution in [1.29, 1.82) is 0 Å². The van der Waals surface area contributed by atoms with Crippen LogP contribution in [0.25, 0.3) is 0 Å². The quantitative estimate of drug-likeness (QED) is 0.810.